The van der Waals surface area contributed by atoms with Crippen LogP contribution in [0.3, 0.4) is 0 Å². The molecule has 2 aromatic carbocycles. The number of nitrogens with zero attached hydrogens (tertiary/aromatic N) is 3. The largest absolute Gasteiger partial charge is 0.267 e. The van der Waals surface area contributed by atoms with Gasteiger partial charge in [0.2, 0.25) is 0 Å². The van der Waals surface area contributed by atoms with Crippen LogP contribution in [-0.2, 0) is 0 Å². The topological polar surface area (TPSA) is 39.4 Å². The van der Waals surface area contributed by atoms with Crippen molar-refractivity contribution in [2.75, 3.05) is 0 Å². The third-order valence-electron chi connectivity index (χ3n) is 4.15. The highest BCUT2D eigenvalue weighted by Crippen LogP contribution is 2.38. The first kappa shape index (κ1) is 14.3. The van der Waals surface area contributed by atoms with Crippen molar-refractivity contribution in [2.24, 2.45) is 5.10 Å². The second-order valence-electron chi connectivity index (χ2n) is 5.73. The molecule has 0 spiro atoms. The zero-order valence-corrected chi connectivity index (χ0v) is 12.9. The van der Waals surface area contributed by atoms with E-state index < -0.39 is 0 Å². The third-order valence-corrected chi connectivity index (χ3v) is 4.15. The molecule has 0 aromatic heterocycles. The van der Waals surface area contributed by atoms with Gasteiger partial charge in [-0.05, 0) is 30.5 Å². The number of hydrazone groups is 1. The van der Waals surface area contributed by atoms with Crippen LogP contribution in [0.2, 0.25) is 0 Å². The Labute approximate surface area is 131 Å². The van der Waals surface area contributed by atoms with Crippen molar-refractivity contribution in [1.82, 2.24) is 5.01 Å². The van der Waals surface area contributed by atoms with Crippen LogP contribution >= 0.6 is 0 Å². The molecule has 1 aliphatic heterocycles. The van der Waals surface area contributed by atoms with E-state index in [4.69, 9.17) is 0 Å². The van der Waals surface area contributed by atoms with E-state index in [1.54, 1.807) is 0 Å². The average molecular weight is 289 g/mol. The van der Waals surface area contributed by atoms with Crippen molar-refractivity contribution >= 4 is 5.71 Å². The number of hydrogen-bond donors (Lipinski definition) is 0. The zero-order valence-electron chi connectivity index (χ0n) is 12.9. The van der Waals surface area contributed by atoms with Crippen LogP contribution in [0.25, 0.3) is 0 Å². The second kappa shape index (κ2) is 6.03. The van der Waals surface area contributed by atoms with E-state index in [-0.39, 0.29) is 12.1 Å². The van der Waals surface area contributed by atoms with Crippen LogP contribution in [0.15, 0.2) is 59.7 Å². The van der Waals surface area contributed by atoms with Crippen molar-refractivity contribution < 1.29 is 0 Å². The predicted octanol–water partition coefficient (Wildman–Crippen LogP) is 4.38. The van der Waals surface area contributed by atoms with Crippen LogP contribution in [0.1, 0.15) is 42.1 Å². The highest BCUT2D eigenvalue weighted by Gasteiger charge is 2.33. The van der Waals surface area contributed by atoms with Crippen molar-refractivity contribution in [3.63, 3.8) is 0 Å². The Morgan fingerprint density at radius 2 is 1.77 bits per heavy atom. The first-order chi connectivity index (χ1) is 10.7. The summed E-state index contributed by atoms with van der Waals surface area (Å²) in [5, 5.41) is 16.4. The molecule has 1 heterocycles. The average Bonchev–Trinajstić information content (AvgIpc) is 2.92. The molecule has 0 saturated carbocycles. The van der Waals surface area contributed by atoms with Gasteiger partial charge in [-0.2, -0.15) is 10.4 Å². The molecule has 0 bridgehead atoms. The van der Waals surface area contributed by atoms with Crippen LogP contribution in [-0.4, -0.2) is 10.7 Å². The van der Waals surface area contributed by atoms with Gasteiger partial charge in [0.1, 0.15) is 0 Å². The Morgan fingerprint density at radius 3 is 2.45 bits per heavy atom. The maximum absolute atomic E-state index is 9.75. The van der Waals surface area contributed by atoms with E-state index in [0.29, 0.717) is 0 Å². The Bertz CT molecular complexity index is 728. The maximum atomic E-state index is 9.75. The molecular formula is C19H19N3. The Balaban J connectivity index is 2.00. The van der Waals surface area contributed by atoms with Crippen molar-refractivity contribution in [1.29, 1.82) is 5.26 Å². The number of rotatable bonds is 3. The Hall–Kier alpha value is -2.60. The first-order valence-electron chi connectivity index (χ1n) is 7.53. The highest BCUT2D eigenvalue weighted by molar-refractivity contribution is 5.84. The summed E-state index contributed by atoms with van der Waals surface area (Å²) in [6.07, 6.45) is 0.869. The molecule has 1 aliphatic rings. The summed E-state index contributed by atoms with van der Waals surface area (Å²) < 4.78 is 0. The summed E-state index contributed by atoms with van der Waals surface area (Å²) in [5.41, 5.74) is 4.43. The summed E-state index contributed by atoms with van der Waals surface area (Å²) in [6.45, 7) is 4.08. The molecule has 0 saturated heterocycles. The summed E-state index contributed by atoms with van der Waals surface area (Å²) in [5.74, 6) is 0. The number of nitriles is 1. The van der Waals surface area contributed by atoms with Crippen LogP contribution in [0, 0.1) is 18.3 Å². The minimum atomic E-state index is -0.358. The molecule has 3 heteroatoms. The molecular weight excluding hydrogens is 270 g/mol. The summed E-state index contributed by atoms with van der Waals surface area (Å²) >= 11 is 0. The molecule has 110 valence electrons. The molecule has 2 atom stereocenters. The monoisotopic (exact) mass is 289 g/mol. The van der Waals surface area contributed by atoms with E-state index in [0.717, 1.165) is 23.3 Å². The lowest BCUT2D eigenvalue weighted by atomic mass is 9.97. The van der Waals surface area contributed by atoms with Crippen LogP contribution in [0.4, 0.5) is 0 Å². The molecule has 0 unspecified atom stereocenters. The molecule has 2 aromatic rings. The Morgan fingerprint density at radius 1 is 1.09 bits per heavy atom. The van der Waals surface area contributed by atoms with Crippen LogP contribution in [0.5, 0.6) is 0 Å². The van der Waals surface area contributed by atoms with Gasteiger partial charge in [-0.25, -0.2) is 0 Å². The van der Waals surface area contributed by atoms with Gasteiger partial charge in [0.25, 0.3) is 0 Å². The normalized spacial score (nSPS) is 18.7. The number of aryl methyl sites for hydroxylation is 1. The van der Waals surface area contributed by atoms with Gasteiger partial charge in [-0.3, -0.25) is 5.01 Å². The van der Waals surface area contributed by atoms with Crippen molar-refractivity contribution in [2.45, 2.75) is 32.4 Å². The van der Waals surface area contributed by atoms with Crippen molar-refractivity contribution in [3.05, 3.63) is 71.3 Å². The summed E-state index contributed by atoms with van der Waals surface area (Å²) in [6, 6.07) is 20.6. The molecule has 3 rings (SSSR count). The molecule has 0 aliphatic carbocycles. The van der Waals surface area contributed by atoms with Crippen molar-refractivity contribution in [3.8, 4) is 6.07 Å². The second-order valence-corrected chi connectivity index (χ2v) is 5.73. The Kier molecular flexibility index (Phi) is 3.93. The molecule has 0 fully saturated rings. The number of hydrogen-bond acceptors (Lipinski definition) is 3. The van der Waals surface area contributed by atoms with Gasteiger partial charge < -0.3 is 0 Å². The summed E-state index contributed by atoms with van der Waals surface area (Å²) in [4.78, 5) is 0. The highest BCUT2D eigenvalue weighted by atomic mass is 15.5. The van der Waals surface area contributed by atoms with Gasteiger partial charge in [0.05, 0.1) is 12.1 Å². The first-order valence-corrected chi connectivity index (χ1v) is 7.53. The standard InChI is InChI=1S/C19H19N3/c1-14-8-6-7-11-17(14)19(13-20)22-18(12-15(2)21-22)16-9-4-3-5-10-16/h3-11,18-19H,12H2,1-2H3/t18-,19+/m1/s1. The van der Waals surface area contributed by atoms with E-state index in [9.17, 15) is 5.26 Å². The lowest BCUT2D eigenvalue weighted by molar-refractivity contribution is 0.196. The lowest BCUT2D eigenvalue weighted by Gasteiger charge is -2.29. The SMILES string of the molecule is CC1=NN([C@@H](C#N)c2ccccc2C)[C@@H](c2ccccc2)C1. The van der Waals surface area contributed by atoms with E-state index in [1.165, 1.54) is 5.56 Å². The quantitative estimate of drug-likeness (QED) is 0.841. The van der Waals surface area contributed by atoms with Gasteiger partial charge in [-0.15, -0.1) is 0 Å². The molecule has 0 radical (unpaired) electrons. The fourth-order valence-corrected chi connectivity index (χ4v) is 3.03. The summed E-state index contributed by atoms with van der Waals surface area (Å²) in [7, 11) is 0. The fraction of sp³-hybridized carbons (Fsp3) is 0.263. The fourth-order valence-electron chi connectivity index (χ4n) is 3.03. The van der Waals surface area contributed by atoms with Gasteiger partial charge in [0.15, 0.2) is 6.04 Å². The molecule has 3 nitrogen and oxygen atoms in total. The molecule has 0 amide bonds. The predicted molar refractivity (Wildman–Crippen MR) is 88.3 cm³/mol. The zero-order chi connectivity index (χ0) is 15.5. The molecule has 22 heavy (non-hydrogen) atoms. The van der Waals surface area contributed by atoms with Gasteiger partial charge in [-0.1, -0.05) is 54.6 Å². The number of benzene rings is 2. The van der Waals surface area contributed by atoms with Gasteiger partial charge >= 0.3 is 0 Å². The smallest absolute Gasteiger partial charge is 0.159 e. The van der Waals surface area contributed by atoms with E-state index in [2.05, 4.69) is 23.3 Å². The van der Waals surface area contributed by atoms with Gasteiger partial charge in [0, 0.05) is 12.1 Å². The minimum absolute atomic E-state index is 0.130. The minimum Gasteiger partial charge on any atom is -0.267 e. The lowest BCUT2D eigenvalue weighted by Crippen LogP contribution is -2.24. The third kappa shape index (κ3) is 2.60. The van der Waals surface area contributed by atoms with E-state index >= 15 is 0 Å². The maximum Gasteiger partial charge on any atom is 0.159 e. The molecule has 0 N–H and O–H groups in total. The van der Waals surface area contributed by atoms with Crippen LogP contribution < -0.4 is 0 Å². The van der Waals surface area contributed by atoms with E-state index in [1.807, 2.05) is 61.3 Å².